The van der Waals surface area contributed by atoms with Crippen LogP contribution in [0.4, 0.5) is 5.82 Å². The molecule has 0 radical (unpaired) electrons. The van der Waals surface area contributed by atoms with Gasteiger partial charge in [-0.1, -0.05) is 12.1 Å². The van der Waals surface area contributed by atoms with E-state index in [1.54, 1.807) is 30.6 Å². The number of anilines is 1. The van der Waals surface area contributed by atoms with Gasteiger partial charge in [-0.2, -0.15) is 0 Å². The molecule has 1 unspecified atom stereocenters. The van der Waals surface area contributed by atoms with E-state index >= 15 is 0 Å². The van der Waals surface area contributed by atoms with Crippen molar-refractivity contribution in [1.29, 1.82) is 0 Å². The number of aromatic nitrogens is 1. The molecule has 2 aromatic rings. The second kappa shape index (κ2) is 12.0. The molecule has 2 aliphatic heterocycles. The third-order valence-electron chi connectivity index (χ3n) is 6.16. The molecule has 3 heterocycles. The lowest BCUT2D eigenvalue weighted by molar-refractivity contribution is 0.102. The van der Waals surface area contributed by atoms with Gasteiger partial charge in [0.15, 0.2) is 0 Å². The van der Waals surface area contributed by atoms with Crippen molar-refractivity contribution in [3.05, 3.63) is 83.7 Å². The molecule has 0 aliphatic carbocycles. The maximum Gasteiger partial charge on any atom is 0.256 e. The number of nitrogens with one attached hydrogen (secondary N) is 1. The molecule has 9 nitrogen and oxygen atoms in total. The number of benzene rings is 1. The number of carbonyl (C=O) groups is 1. The summed E-state index contributed by atoms with van der Waals surface area (Å²) < 4.78 is 14.7. The van der Waals surface area contributed by atoms with Crippen molar-refractivity contribution in [1.82, 2.24) is 14.2 Å². The minimum absolute atomic E-state index is 0.128. The fraction of sp³-hybridized carbons (Fsp3) is 0.308. The second-order valence-corrected chi connectivity index (χ2v) is 9.98. The molecule has 1 amide bonds. The topological polar surface area (TPSA) is 122 Å². The van der Waals surface area contributed by atoms with Crippen LogP contribution in [-0.4, -0.2) is 55.5 Å². The lowest BCUT2D eigenvalue weighted by Gasteiger charge is -2.37. The van der Waals surface area contributed by atoms with Crippen LogP contribution in [0.25, 0.3) is 0 Å². The van der Waals surface area contributed by atoms with E-state index in [9.17, 15) is 9.35 Å². The van der Waals surface area contributed by atoms with Crippen molar-refractivity contribution in [3.8, 4) is 0 Å². The Morgan fingerprint density at radius 2 is 2.22 bits per heavy atom. The monoisotopic (exact) mass is 505 g/mol. The summed E-state index contributed by atoms with van der Waals surface area (Å²) in [6.45, 7) is 7.23. The largest absolute Gasteiger partial charge is 0.593 e. The van der Waals surface area contributed by atoms with Crippen LogP contribution in [0.3, 0.4) is 0 Å². The summed E-state index contributed by atoms with van der Waals surface area (Å²) in [5.41, 5.74) is 8.52. The molecule has 1 aromatic heterocycles. The molecule has 36 heavy (non-hydrogen) atoms. The Balaban J connectivity index is 1.57. The first-order chi connectivity index (χ1) is 17.5. The van der Waals surface area contributed by atoms with E-state index in [1.807, 2.05) is 40.5 Å². The molecule has 1 saturated heterocycles. The van der Waals surface area contributed by atoms with Crippen LogP contribution in [0.15, 0.2) is 77.0 Å². The predicted octanol–water partition coefficient (Wildman–Crippen LogP) is 3.35. The number of carbonyl (C=O) groups excluding carboxylic acids is 1. The van der Waals surface area contributed by atoms with E-state index in [0.717, 1.165) is 36.2 Å². The van der Waals surface area contributed by atoms with Crippen molar-refractivity contribution < 1.29 is 9.35 Å². The number of rotatable bonds is 7. The average Bonchev–Trinajstić information content (AvgIpc) is 2.90. The van der Waals surface area contributed by atoms with Gasteiger partial charge in [0.2, 0.25) is 0 Å². The highest BCUT2D eigenvalue weighted by atomic mass is 32.2. The molecule has 10 heteroatoms. The number of hydrogen-bond donors (Lipinski definition) is 2. The van der Waals surface area contributed by atoms with E-state index in [1.165, 1.54) is 5.41 Å². The van der Waals surface area contributed by atoms with E-state index < -0.39 is 11.4 Å². The third kappa shape index (κ3) is 6.20. The van der Waals surface area contributed by atoms with Gasteiger partial charge in [0.1, 0.15) is 28.9 Å². The number of pyridine rings is 1. The Kier molecular flexibility index (Phi) is 8.52. The first-order valence-electron chi connectivity index (χ1n) is 11.9. The van der Waals surface area contributed by atoms with E-state index in [2.05, 4.69) is 21.9 Å². The first-order valence-corrected chi connectivity index (χ1v) is 13.0. The molecule has 4 rings (SSSR count). The van der Waals surface area contributed by atoms with Crippen LogP contribution in [0.5, 0.6) is 0 Å². The Bertz CT molecular complexity index is 1180. The van der Waals surface area contributed by atoms with Gasteiger partial charge >= 0.3 is 0 Å². The van der Waals surface area contributed by atoms with Gasteiger partial charge in [-0.25, -0.2) is 9.98 Å². The molecule has 188 valence electrons. The van der Waals surface area contributed by atoms with Crippen molar-refractivity contribution in [2.24, 2.45) is 15.7 Å². The van der Waals surface area contributed by atoms with E-state index in [-0.39, 0.29) is 11.9 Å². The normalized spacial score (nSPS) is 19.5. The summed E-state index contributed by atoms with van der Waals surface area (Å²) >= 11 is -1.30. The van der Waals surface area contributed by atoms with Crippen LogP contribution in [0.2, 0.25) is 0 Å². The Morgan fingerprint density at radius 3 is 2.94 bits per heavy atom. The zero-order valence-corrected chi connectivity index (χ0v) is 21.2. The number of nitrogens with two attached hydrogens (primary N) is 1. The Labute approximate surface area is 214 Å². The van der Waals surface area contributed by atoms with Crippen molar-refractivity contribution in [3.63, 3.8) is 0 Å². The number of aryl methyl sites for hydroxylation is 1. The zero-order chi connectivity index (χ0) is 25.5. The number of nitrogens with zero attached hydrogens (tertiary/aromatic N) is 5. The molecular weight excluding hydrogens is 474 g/mol. The van der Waals surface area contributed by atoms with Crippen LogP contribution in [0, 0.1) is 6.92 Å². The highest BCUT2D eigenvalue weighted by Gasteiger charge is 2.36. The third-order valence-corrected chi connectivity index (χ3v) is 7.35. The van der Waals surface area contributed by atoms with E-state index in [0.29, 0.717) is 36.9 Å². The summed E-state index contributed by atoms with van der Waals surface area (Å²) in [6, 6.07) is 10.8. The number of amides is 1. The second-order valence-electron chi connectivity index (χ2n) is 8.63. The Morgan fingerprint density at radius 1 is 1.36 bits per heavy atom. The van der Waals surface area contributed by atoms with Gasteiger partial charge in [-0.3, -0.25) is 9.79 Å². The van der Waals surface area contributed by atoms with Gasteiger partial charge in [0.25, 0.3) is 5.91 Å². The molecule has 2 atom stereocenters. The number of hydrogen-bond acceptors (Lipinski definition) is 7. The fourth-order valence-electron chi connectivity index (χ4n) is 4.30. The predicted molar refractivity (Wildman–Crippen MR) is 145 cm³/mol. The van der Waals surface area contributed by atoms with E-state index in [4.69, 9.17) is 10.7 Å². The van der Waals surface area contributed by atoms with Crippen molar-refractivity contribution in [2.75, 3.05) is 18.4 Å². The SMILES string of the molecule is C=C[S+]([O-])N1CCCC[C@H]1/C(=N/Cc1ccc(C(=O)Nc2ccccn2)cc1C)N1C=CN=C(N)C1. The fourth-order valence-corrected chi connectivity index (χ4v) is 5.25. The first kappa shape index (κ1) is 25.6. The van der Waals surface area contributed by atoms with Gasteiger partial charge in [-0.05, 0) is 68.2 Å². The summed E-state index contributed by atoms with van der Waals surface area (Å²) in [6.07, 6.45) is 7.99. The highest BCUT2D eigenvalue weighted by molar-refractivity contribution is 7.92. The molecule has 0 bridgehead atoms. The lowest BCUT2D eigenvalue weighted by atomic mass is 10.0. The van der Waals surface area contributed by atoms with Crippen LogP contribution in [-0.2, 0) is 17.9 Å². The smallest absolute Gasteiger partial charge is 0.256 e. The molecule has 0 saturated carbocycles. The number of amidine groups is 2. The zero-order valence-electron chi connectivity index (χ0n) is 20.3. The quantitative estimate of drug-likeness (QED) is 0.338. The number of piperidine rings is 1. The summed E-state index contributed by atoms with van der Waals surface area (Å²) in [7, 11) is 0. The molecule has 1 fully saturated rings. The lowest BCUT2D eigenvalue weighted by Crippen LogP contribution is -2.53. The summed E-state index contributed by atoms with van der Waals surface area (Å²) in [5, 5.41) is 4.28. The maximum absolute atomic E-state index is 12.7. The van der Waals surface area contributed by atoms with Crippen LogP contribution < -0.4 is 11.1 Å². The standard InChI is InChI=1S/C26H31N7O2S/c1-3-36(35)33-14-7-5-8-22(33)25(32-15-13-28-23(27)18-32)30-17-21-11-10-20(16-19(21)2)26(34)31-24-9-4-6-12-29-24/h3-4,6,9-13,15-16,22H,1,5,7-8,14,17-18H2,2H3,(H2,27,28)(H,29,31,34)/b30-25-/t22-,36?/m0/s1. The molecule has 3 N–H and O–H groups in total. The molecule has 0 spiro atoms. The van der Waals surface area contributed by atoms with Gasteiger partial charge in [-0.15, -0.1) is 4.31 Å². The summed E-state index contributed by atoms with van der Waals surface area (Å²) in [4.78, 5) is 27.9. The van der Waals surface area contributed by atoms with Gasteiger partial charge in [0, 0.05) is 30.7 Å². The minimum Gasteiger partial charge on any atom is -0.593 e. The average molecular weight is 506 g/mol. The maximum atomic E-state index is 12.7. The molecule has 1 aromatic carbocycles. The van der Waals surface area contributed by atoms with Crippen molar-refractivity contribution >= 4 is 34.8 Å². The Hall–Kier alpha value is -3.47. The number of aliphatic imine (C=N–C) groups is 2. The highest BCUT2D eigenvalue weighted by Crippen LogP contribution is 2.25. The minimum atomic E-state index is -1.30. The summed E-state index contributed by atoms with van der Waals surface area (Å²) in [5.74, 6) is 1.59. The van der Waals surface area contributed by atoms with Gasteiger partial charge in [0.05, 0.1) is 24.5 Å². The van der Waals surface area contributed by atoms with Crippen molar-refractivity contribution in [2.45, 2.75) is 38.8 Å². The molecule has 2 aliphatic rings. The van der Waals surface area contributed by atoms with Crippen LogP contribution in [0.1, 0.15) is 40.7 Å². The van der Waals surface area contributed by atoms with Crippen LogP contribution >= 0.6 is 0 Å². The molecular formula is C26H31N7O2S. The van der Waals surface area contributed by atoms with Gasteiger partial charge < -0.3 is 20.5 Å².